The maximum atomic E-state index is 13.3. The zero-order valence-electron chi connectivity index (χ0n) is 16.0. The molecule has 0 aliphatic rings. The van der Waals surface area contributed by atoms with E-state index in [-0.39, 0.29) is 11.5 Å². The van der Waals surface area contributed by atoms with Crippen molar-refractivity contribution < 1.29 is 4.79 Å². The van der Waals surface area contributed by atoms with Gasteiger partial charge in [0.2, 0.25) is 11.0 Å². The Morgan fingerprint density at radius 2 is 2.00 bits per heavy atom. The molecule has 1 N–H and O–H groups in total. The average Bonchev–Trinajstić information content (AvgIpc) is 3.38. The molecule has 1 aromatic carbocycles. The SMILES string of the molecule is CCc1nnc(NC(=O)C(CC)n2cnc3scc(-c4ccccc4)c3c2=O)s1. The van der Waals surface area contributed by atoms with Crippen molar-refractivity contribution in [3.8, 4) is 11.1 Å². The van der Waals surface area contributed by atoms with E-state index in [1.807, 2.05) is 49.6 Å². The third kappa shape index (κ3) is 3.70. The highest BCUT2D eigenvalue weighted by molar-refractivity contribution is 7.17. The first-order chi connectivity index (χ1) is 14.1. The number of carbonyl (C=O) groups excluding carboxylic acids is 1. The van der Waals surface area contributed by atoms with Gasteiger partial charge in [-0.1, -0.05) is 55.5 Å². The largest absolute Gasteiger partial charge is 0.299 e. The number of hydrogen-bond donors (Lipinski definition) is 1. The Bertz CT molecular complexity index is 1210. The third-order valence-electron chi connectivity index (χ3n) is 4.63. The first kappa shape index (κ1) is 19.4. The second-order valence-corrected chi connectivity index (χ2v) is 8.34. The predicted molar refractivity (Wildman–Crippen MR) is 117 cm³/mol. The number of nitrogens with zero attached hydrogens (tertiary/aromatic N) is 4. The molecule has 9 heteroatoms. The van der Waals surface area contributed by atoms with Crippen LogP contribution in [0.15, 0.2) is 46.8 Å². The second kappa shape index (κ2) is 8.22. The van der Waals surface area contributed by atoms with Crippen molar-refractivity contribution in [2.45, 2.75) is 32.7 Å². The Morgan fingerprint density at radius 3 is 2.69 bits per heavy atom. The number of amides is 1. The fourth-order valence-corrected chi connectivity index (χ4v) is 4.73. The van der Waals surface area contributed by atoms with Gasteiger partial charge in [-0.2, -0.15) is 0 Å². The molecule has 3 aromatic heterocycles. The minimum atomic E-state index is -0.683. The van der Waals surface area contributed by atoms with Gasteiger partial charge in [0.15, 0.2) is 0 Å². The van der Waals surface area contributed by atoms with Gasteiger partial charge in [-0.05, 0) is 18.4 Å². The van der Waals surface area contributed by atoms with Gasteiger partial charge < -0.3 is 0 Å². The van der Waals surface area contributed by atoms with E-state index in [2.05, 4.69) is 20.5 Å². The third-order valence-corrected chi connectivity index (χ3v) is 6.50. The van der Waals surface area contributed by atoms with Crippen LogP contribution in [0.3, 0.4) is 0 Å². The molecule has 0 aliphatic heterocycles. The van der Waals surface area contributed by atoms with Gasteiger partial charge in [-0.3, -0.25) is 19.5 Å². The molecule has 1 unspecified atom stereocenters. The molecule has 0 bridgehead atoms. The van der Waals surface area contributed by atoms with Crippen LogP contribution in [-0.4, -0.2) is 25.7 Å². The van der Waals surface area contributed by atoms with Gasteiger partial charge in [0.25, 0.3) is 5.56 Å². The van der Waals surface area contributed by atoms with Crippen molar-refractivity contribution in [1.82, 2.24) is 19.7 Å². The predicted octanol–water partition coefficient (Wildman–Crippen LogP) is 4.13. The summed E-state index contributed by atoms with van der Waals surface area (Å²) in [6.07, 6.45) is 2.66. The smallest absolute Gasteiger partial charge is 0.263 e. The maximum absolute atomic E-state index is 13.3. The number of fused-ring (bicyclic) bond motifs is 1. The number of aromatic nitrogens is 4. The number of aryl methyl sites for hydroxylation is 1. The highest BCUT2D eigenvalue weighted by Crippen LogP contribution is 2.31. The highest BCUT2D eigenvalue weighted by Gasteiger charge is 2.23. The van der Waals surface area contributed by atoms with Crippen LogP contribution in [0.4, 0.5) is 5.13 Å². The Hall–Kier alpha value is -2.91. The number of benzene rings is 1. The molecule has 0 spiro atoms. The zero-order valence-corrected chi connectivity index (χ0v) is 17.6. The highest BCUT2D eigenvalue weighted by atomic mass is 32.1. The number of nitrogens with one attached hydrogen (secondary N) is 1. The average molecular weight is 426 g/mol. The Balaban J connectivity index is 1.72. The standard InChI is InChI=1S/C20H19N5O2S2/c1-3-14(17(26)22-20-24-23-15(4-2)29-20)25-11-21-18-16(19(25)27)13(10-28-18)12-8-6-5-7-9-12/h5-11,14H,3-4H2,1-2H3,(H,22,24,26). The van der Waals surface area contributed by atoms with Crippen molar-refractivity contribution in [3.63, 3.8) is 0 Å². The molecule has 0 saturated heterocycles. The molecule has 0 saturated carbocycles. The van der Waals surface area contributed by atoms with Crippen LogP contribution in [0.1, 0.15) is 31.3 Å². The van der Waals surface area contributed by atoms with Crippen molar-refractivity contribution in [1.29, 1.82) is 0 Å². The van der Waals surface area contributed by atoms with Crippen molar-refractivity contribution in [3.05, 3.63) is 57.4 Å². The van der Waals surface area contributed by atoms with Gasteiger partial charge in [-0.25, -0.2) is 4.98 Å². The van der Waals surface area contributed by atoms with E-state index in [1.54, 1.807) is 0 Å². The normalized spacial score (nSPS) is 12.2. The summed E-state index contributed by atoms with van der Waals surface area (Å²) in [6, 6.07) is 9.04. The molecular weight excluding hydrogens is 406 g/mol. The van der Waals surface area contributed by atoms with Gasteiger partial charge in [0, 0.05) is 10.9 Å². The molecule has 29 heavy (non-hydrogen) atoms. The number of carbonyl (C=O) groups is 1. The lowest BCUT2D eigenvalue weighted by Gasteiger charge is -2.16. The Morgan fingerprint density at radius 1 is 1.21 bits per heavy atom. The van der Waals surface area contributed by atoms with Gasteiger partial charge in [0.1, 0.15) is 15.9 Å². The first-order valence-electron chi connectivity index (χ1n) is 9.29. The van der Waals surface area contributed by atoms with E-state index in [9.17, 15) is 9.59 Å². The van der Waals surface area contributed by atoms with E-state index >= 15 is 0 Å². The molecule has 1 atom stereocenters. The topological polar surface area (TPSA) is 89.8 Å². The van der Waals surface area contributed by atoms with Crippen molar-refractivity contribution >= 4 is 43.9 Å². The molecular formula is C20H19N5O2S2. The van der Waals surface area contributed by atoms with Crippen LogP contribution in [0.25, 0.3) is 21.3 Å². The summed E-state index contributed by atoms with van der Waals surface area (Å²) in [5, 5.41) is 14.6. The number of rotatable bonds is 6. The monoisotopic (exact) mass is 425 g/mol. The summed E-state index contributed by atoms with van der Waals surface area (Å²) >= 11 is 2.76. The van der Waals surface area contributed by atoms with Gasteiger partial charge in [-0.15, -0.1) is 21.5 Å². The van der Waals surface area contributed by atoms with Crippen LogP contribution < -0.4 is 10.9 Å². The van der Waals surface area contributed by atoms with Gasteiger partial charge >= 0.3 is 0 Å². The molecule has 7 nitrogen and oxygen atoms in total. The summed E-state index contributed by atoms with van der Waals surface area (Å²) in [7, 11) is 0. The zero-order chi connectivity index (χ0) is 20.4. The molecule has 4 rings (SSSR count). The van der Waals surface area contributed by atoms with E-state index in [0.717, 1.165) is 22.6 Å². The van der Waals surface area contributed by atoms with Crippen LogP contribution in [-0.2, 0) is 11.2 Å². The summed E-state index contributed by atoms with van der Waals surface area (Å²) in [4.78, 5) is 31.3. The minimum Gasteiger partial charge on any atom is -0.299 e. The lowest BCUT2D eigenvalue weighted by atomic mass is 10.1. The van der Waals surface area contributed by atoms with Crippen molar-refractivity contribution in [2.75, 3.05) is 5.32 Å². The van der Waals surface area contributed by atoms with Crippen LogP contribution in [0, 0.1) is 0 Å². The molecule has 0 radical (unpaired) electrons. The molecule has 4 aromatic rings. The minimum absolute atomic E-state index is 0.219. The summed E-state index contributed by atoms with van der Waals surface area (Å²) < 4.78 is 1.42. The molecule has 148 valence electrons. The van der Waals surface area contributed by atoms with Crippen LogP contribution in [0.5, 0.6) is 0 Å². The summed E-state index contributed by atoms with van der Waals surface area (Å²) in [6.45, 7) is 3.84. The van der Waals surface area contributed by atoms with E-state index in [0.29, 0.717) is 21.8 Å². The first-order valence-corrected chi connectivity index (χ1v) is 11.0. The number of hydrogen-bond acceptors (Lipinski definition) is 7. The van der Waals surface area contributed by atoms with E-state index in [4.69, 9.17) is 0 Å². The lowest BCUT2D eigenvalue weighted by molar-refractivity contribution is -0.119. The van der Waals surface area contributed by atoms with Crippen molar-refractivity contribution in [2.24, 2.45) is 0 Å². The maximum Gasteiger partial charge on any atom is 0.263 e. The summed E-state index contributed by atoms with van der Waals surface area (Å²) in [5.41, 5.74) is 1.57. The lowest BCUT2D eigenvalue weighted by Crippen LogP contribution is -2.33. The summed E-state index contributed by atoms with van der Waals surface area (Å²) in [5.74, 6) is -0.300. The fraction of sp³-hybridized carbons (Fsp3) is 0.250. The number of thiophene rings is 1. The quantitative estimate of drug-likeness (QED) is 0.502. The van der Waals surface area contributed by atoms with Crippen LogP contribution >= 0.6 is 22.7 Å². The fourth-order valence-electron chi connectivity index (χ4n) is 3.14. The van der Waals surface area contributed by atoms with E-state index in [1.165, 1.54) is 33.6 Å². The Kier molecular flexibility index (Phi) is 5.50. The number of anilines is 1. The Labute approximate surface area is 175 Å². The molecule has 0 fully saturated rings. The molecule has 1 amide bonds. The van der Waals surface area contributed by atoms with Crippen LogP contribution in [0.2, 0.25) is 0 Å². The van der Waals surface area contributed by atoms with E-state index < -0.39 is 6.04 Å². The molecule has 3 heterocycles. The molecule has 0 aliphatic carbocycles. The van der Waals surface area contributed by atoms with Gasteiger partial charge in [0.05, 0.1) is 11.7 Å². The second-order valence-electron chi connectivity index (χ2n) is 6.42.